The Labute approximate surface area is 137 Å². The van der Waals surface area contributed by atoms with Gasteiger partial charge in [0.05, 0.1) is 5.92 Å². The summed E-state index contributed by atoms with van der Waals surface area (Å²) in [6, 6.07) is 8.23. The molecule has 1 aromatic carbocycles. The third-order valence-corrected chi connectivity index (χ3v) is 3.50. The maximum absolute atomic E-state index is 12.9. The fourth-order valence-corrected chi connectivity index (χ4v) is 2.11. The molecule has 0 aliphatic carbocycles. The van der Waals surface area contributed by atoms with Crippen molar-refractivity contribution in [3.8, 4) is 0 Å². The summed E-state index contributed by atoms with van der Waals surface area (Å²) in [5.41, 5.74) is 5.81. The highest BCUT2D eigenvalue weighted by Crippen LogP contribution is 2.09. The van der Waals surface area contributed by atoms with Gasteiger partial charge >= 0.3 is 0 Å². The van der Waals surface area contributed by atoms with E-state index in [-0.39, 0.29) is 30.0 Å². The largest absolute Gasteiger partial charge is 0.369 e. The molecular weight excluding hydrogens is 315 g/mol. The maximum atomic E-state index is 12.9. The average molecular weight is 332 g/mol. The molecular formula is C16H17FN4O3. The number of primary amides is 1. The molecule has 2 rings (SSSR count). The molecule has 0 saturated carbocycles. The Balaban J connectivity index is 2.01. The lowest BCUT2D eigenvalue weighted by molar-refractivity contribution is -0.121. The van der Waals surface area contributed by atoms with Crippen LogP contribution >= 0.6 is 0 Å². The molecule has 3 N–H and O–H groups in total. The number of hydrogen-bond donors (Lipinski definition) is 2. The van der Waals surface area contributed by atoms with Crippen LogP contribution in [0.3, 0.4) is 0 Å². The van der Waals surface area contributed by atoms with Crippen LogP contribution in [0.1, 0.15) is 16.1 Å². The Bertz CT molecular complexity index is 802. The topological polar surface area (TPSA) is 107 Å². The van der Waals surface area contributed by atoms with Crippen molar-refractivity contribution in [3.63, 3.8) is 0 Å². The molecule has 0 fully saturated rings. The summed E-state index contributed by atoms with van der Waals surface area (Å²) >= 11 is 0. The molecule has 1 atom stereocenters. The highest BCUT2D eigenvalue weighted by Gasteiger charge is 2.18. The van der Waals surface area contributed by atoms with Crippen LogP contribution in [-0.4, -0.2) is 28.1 Å². The quantitative estimate of drug-likeness (QED) is 0.776. The van der Waals surface area contributed by atoms with Crippen LogP contribution in [0, 0.1) is 11.7 Å². The van der Waals surface area contributed by atoms with Crippen LogP contribution in [0.5, 0.6) is 0 Å². The molecule has 0 aliphatic heterocycles. The van der Waals surface area contributed by atoms with E-state index in [0.717, 1.165) is 10.2 Å². The van der Waals surface area contributed by atoms with E-state index in [1.165, 1.54) is 31.3 Å². The normalized spacial score (nSPS) is 11.8. The third kappa shape index (κ3) is 4.48. The number of nitrogens with two attached hydrogens (primary N) is 1. The van der Waals surface area contributed by atoms with Crippen LogP contribution < -0.4 is 16.6 Å². The van der Waals surface area contributed by atoms with Gasteiger partial charge in [0.2, 0.25) is 5.91 Å². The Morgan fingerprint density at radius 3 is 2.50 bits per heavy atom. The molecule has 0 saturated heterocycles. The van der Waals surface area contributed by atoms with Gasteiger partial charge in [-0.1, -0.05) is 12.1 Å². The molecule has 1 aromatic heterocycles. The average Bonchev–Trinajstić information content (AvgIpc) is 2.55. The van der Waals surface area contributed by atoms with Crippen LogP contribution in [0.4, 0.5) is 4.39 Å². The number of benzene rings is 1. The molecule has 24 heavy (non-hydrogen) atoms. The lowest BCUT2D eigenvalue weighted by Crippen LogP contribution is -2.38. The van der Waals surface area contributed by atoms with Crippen molar-refractivity contribution in [2.75, 3.05) is 6.54 Å². The van der Waals surface area contributed by atoms with E-state index in [2.05, 4.69) is 10.4 Å². The van der Waals surface area contributed by atoms with E-state index in [0.29, 0.717) is 0 Å². The first-order valence-electron chi connectivity index (χ1n) is 7.23. The summed E-state index contributed by atoms with van der Waals surface area (Å²) in [5, 5.41) is 6.39. The first-order valence-corrected chi connectivity index (χ1v) is 7.23. The minimum Gasteiger partial charge on any atom is -0.369 e. The number of halogens is 1. The standard InChI is InChI=1S/C16H17FN4O3/c1-21-14(22)7-6-13(20-21)16(24)19-9-11(15(18)23)8-10-2-4-12(17)5-3-10/h2-7,11H,8-9H2,1H3,(H2,18,23)(H,19,24)/t11-/m1/s1. The number of nitrogens with zero attached hydrogens (tertiary/aromatic N) is 2. The Morgan fingerprint density at radius 2 is 1.92 bits per heavy atom. The number of aromatic nitrogens is 2. The van der Waals surface area contributed by atoms with Crippen molar-refractivity contribution in [1.29, 1.82) is 0 Å². The molecule has 1 heterocycles. The molecule has 126 valence electrons. The molecule has 0 spiro atoms. The number of carbonyl (C=O) groups excluding carboxylic acids is 2. The molecule has 0 bridgehead atoms. The zero-order valence-electron chi connectivity index (χ0n) is 13.0. The SMILES string of the molecule is Cn1nc(C(=O)NC[C@@H](Cc2ccc(F)cc2)C(N)=O)ccc1=O. The number of hydrogen-bond acceptors (Lipinski definition) is 4. The highest BCUT2D eigenvalue weighted by atomic mass is 19.1. The van der Waals surface area contributed by atoms with E-state index < -0.39 is 17.7 Å². The van der Waals surface area contributed by atoms with Crippen LogP contribution in [0.25, 0.3) is 0 Å². The van der Waals surface area contributed by atoms with Crippen molar-refractivity contribution < 1.29 is 14.0 Å². The predicted octanol–water partition coefficient (Wildman–Crippen LogP) is -0.00660. The van der Waals surface area contributed by atoms with E-state index in [1.807, 2.05) is 0 Å². The zero-order chi connectivity index (χ0) is 17.7. The van der Waals surface area contributed by atoms with Gasteiger partial charge in [-0.15, -0.1) is 0 Å². The monoisotopic (exact) mass is 332 g/mol. The molecule has 8 heteroatoms. The minimum atomic E-state index is -0.646. The predicted molar refractivity (Wildman–Crippen MR) is 84.6 cm³/mol. The van der Waals surface area contributed by atoms with Crippen LogP contribution in [0.15, 0.2) is 41.2 Å². The smallest absolute Gasteiger partial charge is 0.271 e. The van der Waals surface area contributed by atoms with Crippen molar-refractivity contribution in [2.45, 2.75) is 6.42 Å². The van der Waals surface area contributed by atoms with Gasteiger partial charge in [0, 0.05) is 19.7 Å². The molecule has 7 nitrogen and oxygen atoms in total. The van der Waals surface area contributed by atoms with Gasteiger partial charge in [0.25, 0.3) is 11.5 Å². The summed E-state index contributed by atoms with van der Waals surface area (Å²) in [5.74, 6) is -2.11. The highest BCUT2D eigenvalue weighted by molar-refractivity contribution is 5.92. The lowest BCUT2D eigenvalue weighted by atomic mass is 9.98. The number of rotatable bonds is 6. The molecule has 0 radical (unpaired) electrons. The first-order chi connectivity index (χ1) is 11.4. The summed E-state index contributed by atoms with van der Waals surface area (Å²) in [6.45, 7) is 0.00998. The number of amides is 2. The number of carbonyl (C=O) groups is 2. The van der Waals surface area contributed by atoms with Crippen LogP contribution in [-0.2, 0) is 18.3 Å². The minimum absolute atomic E-state index is 0.00998. The second-order valence-electron chi connectivity index (χ2n) is 5.32. The van der Waals surface area contributed by atoms with Gasteiger partial charge in [-0.2, -0.15) is 5.10 Å². The lowest BCUT2D eigenvalue weighted by Gasteiger charge is -2.14. The first kappa shape index (κ1) is 17.3. The van der Waals surface area contributed by atoms with Gasteiger partial charge in [0.15, 0.2) is 0 Å². The second-order valence-corrected chi connectivity index (χ2v) is 5.32. The van der Waals surface area contributed by atoms with E-state index >= 15 is 0 Å². The van der Waals surface area contributed by atoms with Gasteiger partial charge in [-0.3, -0.25) is 14.4 Å². The Morgan fingerprint density at radius 1 is 1.25 bits per heavy atom. The van der Waals surface area contributed by atoms with Crippen molar-refractivity contribution in [1.82, 2.24) is 15.1 Å². The van der Waals surface area contributed by atoms with Crippen molar-refractivity contribution >= 4 is 11.8 Å². The van der Waals surface area contributed by atoms with Gasteiger partial charge < -0.3 is 11.1 Å². The summed E-state index contributed by atoms with van der Waals surface area (Å²) < 4.78 is 13.9. The molecule has 0 unspecified atom stereocenters. The molecule has 2 amide bonds. The van der Waals surface area contributed by atoms with E-state index in [9.17, 15) is 18.8 Å². The molecule has 2 aromatic rings. The Kier molecular flexibility index (Phi) is 5.41. The summed E-state index contributed by atoms with van der Waals surface area (Å²) in [7, 11) is 1.43. The van der Waals surface area contributed by atoms with Gasteiger partial charge in [-0.25, -0.2) is 9.07 Å². The maximum Gasteiger partial charge on any atom is 0.271 e. The summed E-state index contributed by atoms with van der Waals surface area (Å²) in [4.78, 5) is 34.9. The summed E-state index contributed by atoms with van der Waals surface area (Å²) in [6.07, 6.45) is 0.274. The Hall–Kier alpha value is -3.03. The van der Waals surface area contributed by atoms with Crippen molar-refractivity contribution in [2.24, 2.45) is 18.7 Å². The third-order valence-electron chi connectivity index (χ3n) is 3.50. The van der Waals surface area contributed by atoms with Crippen molar-refractivity contribution in [3.05, 3.63) is 63.8 Å². The van der Waals surface area contributed by atoms with E-state index in [4.69, 9.17) is 5.73 Å². The molecule has 0 aliphatic rings. The fraction of sp³-hybridized carbons (Fsp3) is 0.250. The van der Waals surface area contributed by atoms with E-state index in [1.54, 1.807) is 12.1 Å². The number of nitrogens with one attached hydrogen (secondary N) is 1. The fourth-order valence-electron chi connectivity index (χ4n) is 2.11. The second kappa shape index (κ2) is 7.49. The number of aryl methyl sites for hydroxylation is 1. The van der Waals surface area contributed by atoms with Crippen LogP contribution in [0.2, 0.25) is 0 Å². The van der Waals surface area contributed by atoms with Gasteiger partial charge in [-0.05, 0) is 30.2 Å². The van der Waals surface area contributed by atoms with Gasteiger partial charge in [0.1, 0.15) is 11.5 Å². The zero-order valence-corrected chi connectivity index (χ0v) is 13.0.